The third-order valence-corrected chi connectivity index (χ3v) is 8.88. The van der Waals surface area contributed by atoms with E-state index >= 15 is 0 Å². The Bertz CT molecular complexity index is 1450. The first-order valence-electron chi connectivity index (χ1n) is 13.4. The molecule has 4 rings (SSSR count). The number of aliphatic hydroxyl groups excluding tert-OH is 1. The number of likely N-dealkylation sites (N-methyl/N-ethyl adjacent to an activating group) is 1. The molecule has 0 saturated heterocycles. The second-order valence-corrected chi connectivity index (χ2v) is 12.3. The van der Waals surface area contributed by atoms with E-state index in [1.165, 1.54) is 13.0 Å². The number of methoxy groups -OCH3 is 1. The Morgan fingerprint density at radius 2 is 1.93 bits per heavy atom. The summed E-state index contributed by atoms with van der Waals surface area (Å²) in [5.74, 6) is 0.897. The number of hydrogen-bond acceptors (Lipinski definition) is 9. The average molecular weight is 587 g/mol. The van der Waals surface area contributed by atoms with Gasteiger partial charge in [0.25, 0.3) is 15.9 Å². The fourth-order valence-electron chi connectivity index (χ4n) is 4.98. The number of benzene rings is 2. The van der Waals surface area contributed by atoms with Crippen LogP contribution in [0.5, 0.6) is 11.5 Å². The van der Waals surface area contributed by atoms with Crippen LogP contribution in [-0.2, 0) is 16.6 Å². The van der Waals surface area contributed by atoms with Crippen LogP contribution in [0.4, 0.5) is 5.69 Å². The van der Waals surface area contributed by atoms with Gasteiger partial charge in [-0.3, -0.25) is 14.4 Å². The van der Waals surface area contributed by atoms with Gasteiger partial charge in [-0.2, -0.15) is 0 Å². The first kappa shape index (κ1) is 30.4. The van der Waals surface area contributed by atoms with Crippen LogP contribution >= 0.6 is 0 Å². The van der Waals surface area contributed by atoms with Gasteiger partial charge in [0.15, 0.2) is 10.7 Å². The van der Waals surface area contributed by atoms with E-state index in [9.17, 15) is 18.3 Å². The van der Waals surface area contributed by atoms with Crippen LogP contribution in [0, 0.1) is 19.8 Å². The fraction of sp³-hybridized carbons (Fsp3) is 0.448. The van der Waals surface area contributed by atoms with Gasteiger partial charge >= 0.3 is 0 Å². The molecule has 12 heteroatoms. The van der Waals surface area contributed by atoms with Crippen molar-refractivity contribution in [3.05, 3.63) is 65.0 Å². The number of rotatable bonds is 10. The SMILES string of the molecule is COc1ccc(CN(C)C[C@H]2Oc3ccc(NS(=O)(=O)c4c(C)noc4C)cc3C(=O)N([C@H](C)CO)C[C@@H]2C)cc1. The number of aliphatic hydroxyl groups is 1. The van der Waals surface area contributed by atoms with Crippen LogP contribution in [0.2, 0.25) is 0 Å². The lowest BCUT2D eigenvalue weighted by Crippen LogP contribution is -2.49. The lowest BCUT2D eigenvalue weighted by atomic mass is 9.99. The summed E-state index contributed by atoms with van der Waals surface area (Å²) in [5, 5.41) is 13.7. The summed E-state index contributed by atoms with van der Waals surface area (Å²) in [4.78, 5) is 17.5. The van der Waals surface area contributed by atoms with Crippen LogP contribution < -0.4 is 14.2 Å². The summed E-state index contributed by atoms with van der Waals surface area (Å²) in [6.07, 6.45) is -0.289. The average Bonchev–Trinajstić information content (AvgIpc) is 3.29. The van der Waals surface area contributed by atoms with Crippen LogP contribution in [0.1, 0.15) is 41.2 Å². The minimum atomic E-state index is -4.02. The maximum Gasteiger partial charge on any atom is 0.267 e. The number of carbonyl (C=O) groups is 1. The van der Waals surface area contributed by atoms with Gasteiger partial charge in [0, 0.05) is 31.2 Å². The number of aromatic nitrogens is 1. The normalized spacial score (nSPS) is 18.3. The molecule has 222 valence electrons. The number of amides is 1. The molecule has 1 aliphatic heterocycles. The highest BCUT2D eigenvalue weighted by Gasteiger charge is 2.34. The Hall–Kier alpha value is -3.61. The summed E-state index contributed by atoms with van der Waals surface area (Å²) in [6, 6.07) is 12.1. The highest BCUT2D eigenvalue weighted by atomic mass is 32.2. The number of sulfonamides is 1. The monoisotopic (exact) mass is 586 g/mol. The van der Waals surface area contributed by atoms with E-state index in [1.807, 2.05) is 38.2 Å². The Labute approximate surface area is 241 Å². The van der Waals surface area contributed by atoms with E-state index in [4.69, 9.17) is 14.0 Å². The maximum absolute atomic E-state index is 13.7. The summed E-state index contributed by atoms with van der Waals surface area (Å²) in [6.45, 7) is 8.27. The number of anilines is 1. The predicted molar refractivity (Wildman–Crippen MR) is 154 cm³/mol. The first-order chi connectivity index (χ1) is 19.4. The van der Waals surface area contributed by atoms with Gasteiger partial charge in [-0.25, -0.2) is 8.42 Å². The molecule has 2 aromatic carbocycles. The standard InChI is InChI=1S/C29H38N4O7S/c1-18-14-33(19(2)17-34)29(35)25-13-23(31-41(36,37)28-20(3)30-40-21(28)4)9-12-26(25)39-27(18)16-32(5)15-22-7-10-24(38-6)11-8-22/h7-13,18-19,27,31,34H,14-17H2,1-6H3/t18-,19+,27+/m0/s1. The van der Waals surface area contributed by atoms with Crippen LogP contribution in [0.15, 0.2) is 51.9 Å². The van der Waals surface area contributed by atoms with Crippen molar-refractivity contribution < 1.29 is 32.3 Å². The third-order valence-electron chi connectivity index (χ3n) is 7.26. The van der Waals surface area contributed by atoms with Gasteiger partial charge in [-0.05, 0) is 63.7 Å². The molecule has 0 spiro atoms. The highest BCUT2D eigenvalue weighted by Crippen LogP contribution is 2.32. The molecule has 0 radical (unpaired) electrons. The highest BCUT2D eigenvalue weighted by molar-refractivity contribution is 7.92. The molecule has 0 bridgehead atoms. The van der Waals surface area contributed by atoms with Crippen molar-refractivity contribution in [2.45, 2.75) is 51.3 Å². The van der Waals surface area contributed by atoms with Gasteiger partial charge < -0.3 is 24.0 Å². The number of carbonyl (C=O) groups excluding carboxylic acids is 1. The van der Waals surface area contributed by atoms with Gasteiger partial charge in [-0.1, -0.05) is 24.2 Å². The molecule has 2 N–H and O–H groups in total. The van der Waals surface area contributed by atoms with E-state index in [0.29, 0.717) is 25.4 Å². The molecule has 3 aromatic rings. The van der Waals surface area contributed by atoms with Crippen molar-refractivity contribution in [1.82, 2.24) is 15.0 Å². The summed E-state index contributed by atoms with van der Waals surface area (Å²) in [7, 11) is -0.383. The van der Waals surface area contributed by atoms with Crippen molar-refractivity contribution in [2.24, 2.45) is 5.92 Å². The van der Waals surface area contributed by atoms with Gasteiger partial charge in [0.05, 0.1) is 25.3 Å². The quantitative estimate of drug-likeness (QED) is 0.366. The smallest absolute Gasteiger partial charge is 0.267 e. The number of ether oxygens (including phenoxy) is 2. The van der Waals surface area contributed by atoms with Gasteiger partial charge in [0.1, 0.15) is 23.3 Å². The first-order valence-corrected chi connectivity index (χ1v) is 14.9. The molecule has 0 fully saturated rings. The number of hydrogen-bond donors (Lipinski definition) is 2. The number of nitrogens with zero attached hydrogens (tertiary/aromatic N) is 3. The Kier molecular flexibility index (Phi) is 9.25. The Morgan fingerprint density at radius 3 is 2.54 bits per heavy atom. The van der Waals surface area contributed by atoms with E-state index in [1.54, 1.807) is 38.0 Å². The molecule has 0 aliphatic carbocycles. The summed E-state index contributed by atoms with van der Waals surface area (Å²) >= 11 is 0. The van der Waals surface area contributed by atoms with Crippen molar-refractivity contribution >= 4 is 21.6 Å². The summed E-state index contributed by atoms with van der Waals surface area (Å²) < 4.78 is 45.5. The second-order valence-electron chi connectivity index (χ2n) is 10.6. The van der Waals surface area contributed by atoms with Crippen molar-refractivity contribution in [3.63, 3.8) is 0 Å². The number of nitrogens with one attached hydrogen (secondary N) is 1. The number of aryl methyl sites for hydroxylation is 2. The van der Waals surface area contributed by atoms with E-state index in [-0.39, 0.29) is 52.1 Å². The molecule has 1 aliphatic rings. The van der Waals surface area contributed by atoms with E-state index < -0.39 is 16.1 Å². The molecule has 41 heavy (non-hydrogen) atoms. The van der Waals surface area contributed by atoms with Crippen molar-refractivity contribution in [1.29, 1.82) is 0 Å². The molecule has 1 aromatic heterocycles. The van der Waals surface area contributed by atoms with Gasteiger partial charge in [-0.15, -0.1) is 0 Å². The molecule has 11 nitrogen and oxygen atoms in total. The maximum atomic E-state index is 13.7. The van der Waals surface area contributed by atoms with E-state index in [0.717, 1.165) is 11.3 Å². The third kappa shape index (κ3) is 6.83. The van der Waals surface area contributed by atoms with Crippen LogP contribution in [0.3, 0.4) is 0 Å². The second kappa shape index (κ2) is 12.5. The Morgan fingerprint density at radius 1 is 1.22 bits per heavy atom. The molecular weight excluding hydrogens is 548 g/mol. The molecule has 1 amide bonds. The largest absolute Gasteiger partial charge is 0.497 e. The summed E-state index contributed by atoms with van der Waals surface area (Å²) in [5.41, 5.74) is 1.75. The van der Waals surface area contributed by atoms with Crippen LogP contribution in [0.25, 0.3) is 0 Å². The molecule has 0 unspecified atom stereocenters. The van der Waals surface area contributed by atoms with Gasteiger partial charge in [0.2, 0.25) is 0 Å². The zero-order valence-electron chi connectivity index (χ0n) is 24.2. The predicted octanol–water partition coefficient (Wildman–Crippen LogP) is 3.45. The zero-order valence-corrected chi connectivity index (χ0v) is 25.1. The fourth-order valence-corrected chi connectivity index (χ4v) is 6.36. The molecule has 0 saturated carbocycles. The van der Waals surface area contributed by atoms with Crippen molar-refractivity contribution in [3.8, 4) is 11.5 Å². The van der Waals surface area contributed by atoms with E-state index in [2.05, 4.69) is 14.8 Å². The minimum absolute atomic E-state index is 0.0452. The molecule has 3 atom stereocenters. The topological polar surface area (TPSA) is 134 Å². The molecular formula is C29H38N4O7S. The lowest BCUT2D eigenvalue weighted by Gasteiger charge is -2.38. The van der Waals surface area contributed by atoms with Crippen molar-refractivity contribution in [2.75, 3.05) is 38.6 Å². The number of fused-ring (bicyclic) bond motifs is 1. The molecule has 2 heterocycles. The Balaban J connectivity index is 1.62. The van der Waals surface area contributed by atoms with Crippen LogP contribution in [-0.4, -0.2) is 80.4 Å². The zero-order chi connectivity index (χ0) is 29.9. The minimum Gasteiger partial charge on any atom is -0.497 e. The lowest BCUT2D eigenvalue weighted by molar-refractivity contribution is 0.0341.